The van der Waals surface area contributed by atoms with Crippen molar-refractivity contribution < 1.29 is 9.53 Å². The van der Waals surface area contributed by atoms with Gasteiger partial charge in [0, 0.05) is 26.2 Å². The number of nitrogens with zero attached hydrogens (tertiary/aromatic N) is 1. The molecule has 1 N–H and O–H groups in total. The Morgan fingerprint density at radius 3 is 2.56 bits per heavy atom. The molecule has 4 nitrogen and oxygen atoms in total. The van der Waals surface area contributed by atoms with Crippen LogP contribution < -0.4 is 5.32 Å². The van der Waals surface area contributed by atoms with Gasteiger partial charge in [0.15, 0.2) is 0 Å². The SMILES string of the molecule is O=C(COCC1CC1)N1C[C@H]2CNC[C@H]2C1. The Hall–Kier alpha value is -0.610. The average Bonchev–Trinajstić information content (AvgIpc) is 2.84. The number of nitrogens with one attached hydrogen (secondary N) is 1. The molecule has 1 amide bonds. The summed E-state index contributed by atoms with van der Waals surface area (Å²) in [6, 6.07) is 0. The van der Waals surface area contributed by atoms with Crippen LogP contribution in [0.2, 0.25) is 0 Å². The predicted molar refractivity (Wildman–Crippen MR) is 60.0 cm³/mol. The third-order valence-electron chi connectivity index (χ3n) is 4.02. The summed E-state index contributed by atoms with van der Waals surface area (Å²) in [6.45, 7) is 5.11. The fourth-order valence-corrected chi connectivity index (χ4v) is 2.75. The summed E-state index contributed by atoms with van der Waals surface area (Å²) < 4.78 is 5.45. The van der Waals surface area contributed by atoms with Crippen molar-refractivity contribution in [2.24, 2.45) is 17.8 Å². The highest BCUT2D eigenvalue weighted by Gasteiger charge is 2.37. The van der Waals surface area contributed by atoms with Gasteiger partial charge in [-0.25, -0.2) is 0 Å². The molecule has 2 atom stereocenters. The minimum absolute atomic E-state index is 0.190. The number of hydrogen-bond acceptors (Lipinski definition) is 3. The molecule has 3 rings (SSSR count). The summed E-state index contributed by atoms with van der Waals surface area (Å²) in [6.07, 6.45) is 2.57. The van der Waals surface area contributed by atoms with Gasteiger partial charge in [-0.15, -0.1) is 0 Å². The Labute approximate surface area is 96.3 Å². The van der Waals surface area contributed by atoms with E-state index >= 15 is 0 Å². The molecule has 0 spiro atoms. The Balaban J connectivity index is 1.41. The van der Waals surface area contributed by atoms with E-state index in [9.17, 15) is 4.79 Å². The first-order valence-corrected chi connectivity index (χ1v) is 6.39. The van der Waals surface area contributed by atoms with Crippen molar-refractivity contribution in [2.45, 2.75) is 12.8 Å². The highest BCUT2D eigenvalue weighted by atomic mass is 16.5. The van der Waals surface area contributed by atoms with Crippen molar-refractivity contribution in [1.82, 2.24) is 10.2 Å². The molecule has 1 aliphatic carbocycles. The van der Waals surface area contributed by atoms with Crippen LogP contribution >= 0.6 is 0 Å². The van der Waals surface area contributed by atoms with E-state index in [4.69, 9.17) is 4.74 Å². The molecule has 1 saturated carbocycles. The van der Waals surface area contributed by atoms with Crippen molar-refractivity contribution in [3.8, 4) is 0 Å². The largest absolute Gasteiger partial charge is 0.371 e. The third-order valence-corrected chi connectivity index (χ3v) is 4.02. The molecule has 2 aliphatic heterocycles. The molecule has 3 aliphatic rings. The number of carbonyl (C=O) groups excluding carboxylic acids is 1. The zero-order valence-corrected chi connectivity index (χ0v) is 9.65. The first-order valence-electron chi connectivity index (χ1n) is 6.39. The molecule has 3 fully saturated rings. The number of likely N-dealkylation sites (tertiary alicyclic amines) is 1. The monoisotopic (exact) mass is 224 g/mol. The maximum atomic E-state index is 11.9. The van der Waals surface area contributed by atoms with E-state index in [0.717, 1.165) is 38.7 Å². The van der Waals surface area contributed by atoms with Crippen LogP contribution in [0.1, 0.15) is 12.8 Å². The van der Waals surface area contributed by atoms with Crippen LogP contribution in [0.15, 0.2) is 0 Å². The number of carbonyl (C=O) groups is 1. The smallest absolute Gasteiger partial charge is 0.248 e. The summed E-state index contributed by atoms with van der Waals surface area (Å²) in [4.78, 5) is 13.8. The van der Waals surface area contributed by atoms with E-state index in [0.29, 0.717) is 18.4 Å². The van der Waals surface area contributed by atoms with Gasteiger partial charge < -0.3 is 15.0 Å². The Bertz CT molecular complexity index is 266. The van der Waals surface area contributed by atoms with Crippen molar-refractivity contribution in [3.63, 3.8) is 0 Å². The fraction of sp³-hybridized carbons (Fsp3) is 0.917. The Morgan fingerprint density at radius 2 is 1.94 bits per heavy atom. The van der Waals surface area contributed by atoms with Gasteiger partial charge in [0.1, 0.15) is 6.61 Å². The van der Waals surface area contributed by atoms with Gasteiger partial charge in [-0.3, -0.25) is 4.79 Å². The lowest BCUT2D eigenvalue weighted by atomic mass is 10.0. The molecule has 0 unspecified atom stereocenters. The van der Waals surface area contributed by atoms with Gasteiger partial charge in [0.2, 0.25) is 5.91 Å². The second kappa shape index (κ2) is 4.34. The van der Waals surface area contributed by atoms with Crippen LogP contribution in [0, 0.1) is 17.8 Å². The maximum absolute atomic E-state index is 11.9. The van der Waals surface area contributed by atoms with Crippen molar-refractivity contribution >= 4 is 5.91 Å². The standard InChI is InChI=1S/C12H20N2O2/c15-12(8-16-7-9-1-2-9)14-5-10-3-13-4-11(10)6-14/h9-11,13H,1-8H2/t10-,11+. The normalized spacial score (nSPS) is 33.1. The molecule has 0 aromatic heterocycles. The van der Waals surface area contributed by atoms with E-state index in [1.165, 1.54) is 12.8 Å². The zero-order chi connectivity index (χ0) is 11.0. The second-order valence-corrected chi connectivity index (χ2v) is 5.44. The van der Waals surface area contributed by atoms with Gasteiger partial charge in [0.25, 0.3) is 0 Å². The van der Waals surface area contributed by atoms with Crippen LogP contribution in [0.5, 0.6) is 0 Å². The number of amides is 1. The lowest BCUT2D eigenvalue weighted by Crippen LogP contribution is -2.34. The Kier molecular flexibility index (Phi) is 2.86. The Morgan fingerprint density at radius 1 is 1.25 bits per heavy atom. The molecule has 16 heavy (non-hydrogen) atoms. The first-order chi connectivity index (χ1) is 7.83. The molecule has 2 saturated heterocycles. The van der Waals surface area contributed by atoms with E-state index in [2.05, 4.69) is 5.32 Å². The number of rotatable bonds is 4. The van der Waals surface area contributed by atoms with Gasteiger partial charge in [-0.05, 0) is 30.6 Å². The van der Waals surface area contributed by atoms with E-state index < -0.39 is 0 Å². The van der Waals surface area contributed by atoms with Crippen LogP contribution in [-0.2, 0) is 9.53 Å². The number of hydrogen-bond donors (Lipinski definition) is 1. The van der Waals surface area contributed by atoms with E-state index in [-0.39, 0.29) is 5.91 Å². The number of fused-ring (bicyclic) bond motifs is 1. The molecule has 0 aromatic carbocycles. The maximum Gasteiger partial charge on any atom is 0.248 e. The average molecular weight is 224 g/mol. The quantitative estimate of drug-likeness (QED) is 0.736. The molecule has 0 radical (unpaired) electrons. The molecule has 0 aromatic rings. The van der Waals surface area contributed by atoms with Gasteiger partial charge in [-0.1, -0.05) is 0 Å². The highest BCUT2D eigenvalue weighted by Crippen LogP contribution is 2.29. The third kappa shape index (κ3) is 2.23. The van der Waals surface area contributed by atoms with Crippen LogP contribution in [0.4, 0.5) is 0 Å². The van der Waals surface area contributed by atoms with Crippen molar-refractivity contribution in [2.75, 3.05) is 39.4 Å². The summed E-state index contributed by atoms with van der Waals surface area (Å²) in [5, 5.41) is 3.38. The summed E-state index contributed by atoms with van der Waals surface area (Å²) in [5.41, 5.74) is 0. The molecule has 0 bridgehead atoms. The minimum atomic E-state index is 0.190. The van der Waals surface area contributed by atoms with Gasteiger partial charge in [-0.2, -0.15) is 0 Å². The topological polar surface area (TPSA) is 41.6 Å². The fourth-order valence-electron chi connectivity index (χ4n) is 2.75. The minimum Gasteiger partial charge on any atom is -0.371 e. The van der Waals surface area contributed by atoms with Gasteiger partial charge >= 0.3 is 0 Å². The van der Waals surface area contributed by atoms with E-state index in [1.807, 2.05) is 4.90 Å². The number of ether oxygens (including phenoxy) is 1. The summed E-state index contributed by atoms with van der Waals surface area (Å²) in [7, 11) is 0. The van der Waals surface area contributed by atoms with Crippen molar-refractivity contribution in [1.29, 1.82) is 0 Å². The van der Waals surface area contributed by atoms with Gasteiger partial charge in [0.05, 0.1) is 6.61 Å². The van der Waals surface area contributed by atoms with Crippen molar-refractivity contribution in [3.05, 3.63) is 0 Å². The lowest BCUT2D eigenvalue weighted by molar-refractivity contribution is -0.135. The summed E-state index contributed by atoms with van der Waals surface area (Å²) >= 11 is 0. The predicted octanol–water partition coefficient (Wildman–Crippen LogP) is 0.0908. The van der Waals surface area contributed by atoms with Crippen LogP contribution in [0.3, 0.4) is 0 Å². The molecular formula is C12H20N2O2. The highest BCUT2D eigenvalue weighted by molar-refractivity contribution is 5.77. The second-order valence-electron chi connectivity index (χ2n) is 5.44. The lowest BCUT2D eigenvalue weighted by Gasteiger charge is -2.17. The van der Waals surface area contributed by atoms with E-state index in [1.54, 1.807) is 0 Å². The first kappa shape index (κ1) is 10.5. The molecule has 2 heterocycles. The zero-order valence-electron chi connectivity index (χ0n) is 9.65. The summed E-state index contributed by atoms with van der Waals surface area (Å²) in [5.74, 6) is 2.31. The molecular weight excluding hydrogens is 204 g/mol. The molecule has 4 heteroatoms. The van der Waals surface area contributed by atoms with Crippen LogP contribution in [0.25, 0.3) is 0 Å². The van der Waals surface area contributed by atoms with Crippen LogP contribution in [-0.4, -0.2) is 50.2 Å². The molecule has 90 valence electrons.